The summed E-state index contributed by atoms with van der Waals surface area (Å²) in [5.41, 5.74) is 1.83. The summed E-state index contributed by atoms with van der Waals surface area (Å²) in [5.74, 6) is -1.58. The molecule has 0 fully saturated rings. The molecule has 0 aliphatic heterocycles. The molecule has 0 saturated heterocycles. The standard InChI is InChI=1S/C17H18N2O5S/c1-9-13(17(22)23-3)10(2)19-14(9)12(20)8-24-16(21)11-6-5-7-18-15(11)25-4/h5-7,19H,8H2,1-4H3. The number of esters is 2. The molecule has 25 heavy (non-hydrogen) atoms. The van der Waals surface area contributed by atoms with Gasteiger partial charge >= 0.3 is 11.9 Å². The summed E-state index contributed by atoms with van der Waals surface area (Å²) >= 11 is 1.31. The van der Waals surface area contributed by atoms with Crippen molar-refractivity contribution in [2.24, 2.45) is 0 Å². The zero-order valence-corrected chi connectivity index (χ0v) is 15.2. The Hall–Kier alpha value is -2.61. The minimum atomic E-state index is -0.625. The third kappa shape index (κ3) is 3.90. The highest BCUT2D eigenvalue weighted by Gasteiger charge is 2.23. The van der Waals surface area contributed by atoms with Crippen molar-refractivity contribution in [3.63, 3.8) is 0 Å². The number of thioether (sulfide) groups is 1. The number of rotatable bonds is 6. The van der Waals surface area contributed by atoms with Crippen molar-refractivity contribution in [3.05, 3.63) is 46.4 Å². The Bertz CT molecular complexity index is 828. The smallest absolute Gasteiger partial charge is 0.341 e. The SMILES string of the molecule is COC(=O)c1c(C)[nH]c(C(=O)COC(=O)c2cccnc2SC)c1C. The maximum Gasteiger partial charge on any atom is 0.341 e. The molecule has 2 heterocycles. The van der Waals surface area contributed by atoms with Gasteiger partial charge in [-0.25, -0.2) is 14.6 Å². The number of carbonyl (C=O) groups is 3. The van der Waals surface area contributed by atoms with E-state index in [9.17, 15) is 14.4 Å². The van der Waals surface area contributed by atoms with Crippen molar-refractivity contribution in [1.29, 1.82) is 0 Å². The van der Waals surface area contributed by atoms with Crippen LogP contribution < -0.4 is 0 Å². The van der Waals surface area contributed by atoms with Crippen LogP contribution in [-0.2, 0) is 9.47 Å². The average molecular weight is 362 g/mol. The Morgan fingerprint density at radius 2 is 1.96 bits per heavy atom. The fourth-order valence-electron chi connectivity index (χ4n) is 2.43. The largest absolute Gasteiger partial charge is 0.465 e. The normalized spacial score (nSPS) is 10.4. The maximum absolute atomic E-state index is 12.4. The first-order chi connectivity index (χ1) is 11.9. The van der Waals surface area contributed by atoms with Crippen LogP contribution in [0, 0.1) is 13.8 Å². The van der Waals surface area contributed by atoms with Gasteiger partial charge < -0.3 is 14.5 Å². The second-order valence-corrected chi connectivity index (χ2v) is 5.97. The van der Waals surface area contributed by atoms with Crippen LogP contribution in [0.5, 0.6) is 0 Å². The summed E-state index contributed by atoms with van der Waals surface area (Å²) in [5, 5.41) is 0.528. The van der Waals surface area contributed by atoms with Gasteiger partial charge in [-0.05, 0) is 37.8 Å². The molecule has 0 atom stereocenters. The molecule has 132 valence electrons. The number of nitrogens with zero attached hydrogens (tertiary/aromatic N) is 1. The lowest BCUT2D eigenvalue weighted by molar-refractivity contribution is 0.0468. The van der Waals surface area contributed by atoms with Crippen LogP contribution in [0.1, 0.15) is 42.5 Å². The van der Waals surface area contributed by atoms with Crippen molar-refractivity contribution in [1.82, 2.24) is 9.97 Å². The van der Waals surface area contributed by atoms with E-state index in [4.69, 9.17) is 9.47 Å². The number of hydrogen-bond acceptors (Lipinski definition) is 7. The first-order valence-corrected chi connectivity index (χ1v) is 8.60. The Morgan fingerprint density at radius 1 is 1.24 bits per heavy atom. The topological polar surface area (TPSA) is 98.4 Å². The lowest BCUT2D eigenvalue weighted by atomic mass is 10.1. The van der Waals surface area contributed by atoms with Gasteiger partial charge in [0.1, 0.15) is 5.03 Å². The number of methoxy groups -OCH3 is 1. The molecule has 0 aliphatic rings. The molecule has 0 unspecified atom stereocenters. The third-order valence-electron chi connectivity index (χ3n) is 3.62. The number of aromatic nitrogens is 2. The van der Waals surface area contributed by atoms with Crippen LogP contribution in [0.4, 0.5) is 0 Å². The molecular weight excluding hydrogens is 344 g/mol. The van der Waals surface area contributed by atoms with E-state index in [2.05, 4.69) is 9.97 Å². The molecule has 2 aromatic heterocycles. The molecule has 0 amide bonds. The molecule has 2 aromatic rings. The van der Waals surface area contributed by atoms with Crippen molar-refractivity contribution < 1.29 is 23.9 Å². The number of hydrogen-bond donors (Lipinski definition) is 1. The van der Waals surface area contributed by atoms with E-state index in [0.717, 1.165) is 0 Å². The second kappa shape index (κ2) is 7.98. The van der Waals surface area contributed by atoms with Crippen LogP contribution in [0.25, 0.3) is 0 Å². The van der Waals surface area contributed by atoms with Gasteiger partial charge in [-0.2, -0.15) is 0 Å². The molecule has 0 bridgehead atoms. The number of ketones is 1. The summed E-state index contributed by atoms with van der Waals surface area (Å²) in [4.78, 5) is 43.2. The molecule has 8 heteroatoms. The minimum Gasteiger partial charge on any atom is -0.465 e. The van der Waals surface area contributed by atoms with Gasteiger partial charge in [0.25, 0.3) is 0 Å². The summed E-state index contributed by atoms with van der Waals surface area (Å²) in [6.45, 7) is 2.86. The van der Waals surface area contributed by atoms with Crippen molar-refractivity contribution in [3.8, 4) is 0 Å². The highest BCUT2D eigenvalue weighted by atomic mass is 32.2. The molecule has 0 aromatic carbocycles. The van der Waals surface area contributed by atoms with E-state index in [1.54, 1.807) is 38.4 Å². The van der Waals surface area contributed by atoms with Crippen LogP contribution in [0.2, 0.25) is 0 Å². The zero-order valence-electron chi connectivity index (χ0n) is 14.3. The van der Waals surface area contributed by atoms with Gasteiger partial charge in [0, 0.05) is 11.9 Å². The summed E-state index contributed by atoms with van der Waals surface area (Å²) in [7, 11) is 1.27. The van der Waals surface area contributed by atoms with Gasteiger partial charge in [-0.15, -0.1) is 11.8 Å². The summed E-state index contributed by atoms with van der Waals surface area (Å²) < 4.78 is 9.81. The molecule has 0 saturated carbocycles. The molecule has 0 aliphatic carbocycles. The Morgan fingerprint density at radius 3 is 2.60 bits per heavy atom. The predicted octanol–water partition coefficient (Wildman–Crippen LogP) is 2.57. The number of aromatic amines is 1. The van der Waals surface area contributed by atoms with Gasteiger partial charge in [0.05, 0.1) is 23.9 Å². The number of pyridine rings is 1. The summed E-state index contributed by atoms with van der Waals surface area (Å²) in [6, 6.07) is 3.21. The van der Waals surface area contributed by atoms with Gasteiger partial charge in [0.15, 0.2) is 6.61 Å². The first kappa shape index (κ1) is 18.7. The monoisotopic (exact) mass is 362 g/mol. The quantitative estimate of drug-likeness (QED) is 0.479. The Kier molecular flexibility index (Phi) is 5.97. The van der Waals surface area contributed by atoms with Crippen LogP contribution in [0.3, 0.4) is 0 Å². The Labute approximate surface area is 149 Å². The average Bonchev–Trinajstić information content (AvgIpc) is 2.93. The van der Waals surface area contributed by atoms with E-state index >= 15 is 0 Å². The van der Waals surface area contributed by atoms with Gasteiger partial charge in [-0.3, -0.25) is 4.79 Å². The lowest BCUT2D eigenvalue weighted by Gasteiger charge is -2.06. The third-order valence-corrected chi connectivity index (χ3v) is 4.34. The number of nitrogens with one attached hydrogen (secondary N) is 1. The Balaban J connectivity index is 2.13. The fourth-order valence-corrected chi connectivity index (χ4v) is 2.96. The first-order valence-electron chi connectivity index (χ1n) is 7.37. The second-order valence-electron chi connectivity index (χ2n) is 5.18. The molecular formula is C17H18N2O5S. The van der Waals surface area contributed by atoms with E-state index in [1.165, 1.54) is 18.9 Å². The highest BCUT2D eigenvalue weighted by molar-refractivity contribution is 7.98. The van der Waals surface area contributed by atoms with Crippen molar-refractivity contribution in [2.45, 2.75) is 18.9 Å². The minimum absolute atomic E-state index is 0.224. The number of Topliss-reactive ketones (excluding diaryl/α,β-unsaturated/α-hetero) is 1. The van der Waals surface area contributed by atoms with Crippen molar-refractivity contribution in [2.75, 3.05) is 20.0 Å². The number of aryl methyl sites for hydroxylation is 1. The van der Waals surface area contributed by atoms with Crippen LogP contribution in [-0.4, -0.2) is 47.7 Å². The number of carbonyl (C=O) groups excluding carboxylic acids is 3. The highest BCUT2D eigenvalue weighted by Crippen LogP contribution is 2.20. The van der Waals surface area contributed by atoms with Gasteiger partial charge in [-0.1, -0.05) is 0 Å². The molecule has 2 rings (SSSR count). The maximum atomic E-state index is 12.4. The van der Waals surface area contributed by atoms with E-state index in [1.807, 2.05) is 0 Å². The van der Waals surface area contributed by atoms with E-state index < -0.39 is 24.3 Å². The molecule has 7 nitrogen and oxygen atoms in total. The van der Waals surface area contributed by atoms with Crippen LogP contribution >= 0.6 is 11.8 Å². The van der Waals surface area contributed by atoms with Crippen LogP contribution in [0.15, 0.2) is 23.4 Å². The van der Waals surface area contributed by atoms with E-state index in [0.29, 0.717) is 27.4 Å². The zero-order chi connectivity index (χ0) is 18.6. The predicted molar refractivity (Wildman–Crippen MR) is 92.2 cm³/mol. The molecule has 1 N–H and O–H groups in total. The van der Waals surface area contributed by atoms with E-state index in [-0.39, 0.29) is 5.69 Å². The fraction of sp³-hybridized carbons (Fsp3) is 0.294. The number of ether oxygens (including phenoxy) is 2. The molecule has 0 spiro atoms. The molecule has 0 radical (unpaired) electrons. The van der Waals surface area contributed by atoms with Crippen molar-refractivity contribution >= 4 is 29.5 Å². The summed E-state index contributed by atoms with van der Waals surface area (Å²) in [6.07, 6.45) is 3.37. The number of H-pyrrole nitrogens is 1. The lowest BCUT2D eigenvalue weighted by Crippen LogP contribution is -2.16. The van der Waals surface area contributed by atoms with Gasteiger partial charge in [0.2, 0.25) is 5.78 Å².